The number of carbonyl (C=O) groups is 1. The van der Waals surface area contributed by atoms with Gasteiger partial charge in [0.2, 0.25) is 0 Å². The molecule has 1 saturated heterocycles. The third-order valence-corrected chi connectivity index (χ3v) is 10.1. The first-order valence-electron chi connectivity index (χ1n) is 16.1. The summed E-state index contributed by atoms with van der Waals surface area (Å²) in [5.74, 6) is 0.291. The number of aromatic nitrogens is 4. The first-order chi connectivity index (χ1) is 22.3. The van der Waals surface area contributed by atoms with E-state index in [0.717, 1.165) is 19.5 Å². The highest BCUT2D eigenvalue weighted by molar-refractivity contribution is 6.10. The minimum absolute atomic E-state index is 0.00271. The van der Waals surface area contributed by atoms with Gasteiger partial charge in [-0.25, -0.2) is 9.37 Å². The number of aliphatic hydroxyl groups excluding tert-OH is 1. The lowest BCUT2D eigenvalue weighted by atomic mass is 9.61. The minimum Gasteiger partial charge on any atom is -0.395 e. The number of benzene rings is 1. The fourth-order valence-electron chi connectivity index (χ4n) is 7.28. The molecular weight excluding hydrogens is 616 g/mol. The number of carbonyl (C=O) groups excluding carboxylic acids is 1. The molecule has 2 N–H and O–H groups in total. The third-order valence-electron chi connectivity index (χ3n) is 10.1. The van der Waals surface area contributed by atoms with Gasteiger partial charge in [0, 0.05) is 56.8 Å². The molecule has 1 saturated carbocycles. The number of aliphatic hydroxyl groups is 1. The number of rotatable bonds is 10. The Balaban J connectivity index is 1.38. The number of halogens is 4. The molecular formula is C33H42F4N8O2. The summed E-state index contributed by atoms with van der Waals surface area (Å²) in [6.45, 7) is 6.47. The molecule has 2 fully saturated rings. The van der Waals surface area contributed by atoms with Crippen molar-refractivity contribution in [1.82, 2.24) is 29.5 Å². The molecule has 254 valence electrons. The van der Waals surface area contributed by atoms with Gasteiger partial charge < -0.3 is 19.9 Å². The second kappa shape index (κ2) is 12.8. The average molecular weight is 659 g/mol. The fraction of sp³-hybridized carbons (Fsp3) is 0.576. The van der Waals surface area contributed by atoms with Crippen molar-refractivity contribution in [3.05, 3.63) is 64.2 Å². The zero-order chi connectivity index (χ0) is 33.7. The van der Waals surface area contributed by atoms with Gasteiger partial charge in [0.1, 0.15) is 18.0 Å². The number of piperazine rings is 1. The quantitative estimate of drug-likeness (QED) is 0.303. The number of nitrogens with one attached hydrogen (secondary N) is 1. The summed E-state index contributed by atoms with van der Waals surface area (Å²) in [5, 5.41) is 20.3. The van der Waals surface area contributed by atoms with E-state index in [1.54, 1.807) is 25.2 Å². The smallest absolute Gasteiger partial charge is 0.395 e. The Labute approximate surface area is 271 Å². The van der Waals surface area contributed by atoms with Gasteiger partial charge in [0.15, 0.2) is 12.0 Å². The van der Waals surface area contributed by atoms with Gasteiger partial charge in [0.05, 0.1) is 18.7 Å². The van der Waals surface area contributed by atoms with Crippen molar-refractivity contribution in [3.63, 3.8) is 0 Å². The van der Waals surface area contributed by atoms with Crippen molar-refractivity contribution in [1.29, 1.82) is 0 Å². The Bertz CT molecular complexity index is 1620. The lowest BCUT2D eigenvalue weighted by Gasteiger charge is -2.44. The molecule has 0 spiro atoms. The number of alkyl halides is 4. The molecule has 47 heavy (non-hydrogen) atoms. The standard InChI is InChI=1S/C33H42F4N8O2/c1-20(2)26-18-42(3)9-10-44(26)16-21-12-23-24(25(13-21)33(35,36)37)17-45(31(23)47)28-15-22(14-27(40-28)38-8-11-46)32(6-5-7-32)29(34)30-41-39-19-43(30)4/h12-15,19-20,26,29,46H,5-11,16-18H2,1-4H3,(H,38,40)/t26?,29-/m1/s1. The molecule has 2 atom stereocenters. The summed E-state index contributed by atoms with van der Waals surface area (Å²) in [6, 6.07) is 6.24. The number of hydrogen-bond acceptors (Lipinski definition) is 8. The summed E-state index contributed by atoms with van der Waals surface area (Å²) < 4.78 is 61.6. The maximum Gasteiger partial charge on any atom is 0.416 e. The Morgan fingerprint density at radius 1 is 1.13 bits per heavy atom. The maximum absolute atomic E-state index is 16.3. The number of aryl methyl sites for hydroxylation is 1. The molecule has 1 unspecified atom stereocenters. The lowest BCUT2D eigenvalue weighted by molar-refractivity contribution is -0.138. The second-order valence-corrected chi connectivity index (χ2v) is 13.5. The number of anilines is 2. The summed E-state index contributed by atoms with van der Waals surface area (Å²) in [7, 11) is 3.71. The van der Waals surface area contributed by atoms with Crippen LogP contribution in [0, 0.1) is 5.92 Å². The highest BCUT2D eigenvalue weighted by Gasteiger charge is 2.50. The van der Waals surface area contributed by atoms with Crippen molar-refractivity contribution in [3.8, 4) is 0 Å². The molecule has 3 aromatic rings. The monoisotopic (exact) mass is 658 g/mol. The van der Waals surface area contributed by atoms with Gasteiger partial charge in [-0.3, -0.25) is 14.6 Å². The number of nitrogens with zero attached hydrogens (tertiary/aromatic N) is 7. The number of amides is 1. The number of fused-ring (bicyclic) bond motifs is 1. The number of likely N-dealkylation sites (N-methyl/N-ethyl adjacent to an activating group) is 1. The summed E-state index contributed by atoms with van der Waals surface area (Å²) in [4.78, 5) is 24.3. The molecule has 1 amide bonds. The van der Waals surface area contributed by atoms with Gasteiger partial charge in [0.25, 0.3) is 5.91 Å². The van der Waals surface area contributed by atoms with Crippen LogP contribution in [-0.4, -0.2) is 86.4 Å². The van der Waals surface area contributed by atoms with E-state index in [9.17, 15) is 23.1 Å². The van der Waals surface area contributed by atoms with Crippen LogP contribution in [0.1, 0.15) is 77.7 Å². The Morgan fingerprint density at radius 3 is 2.51 bits per heavy atom. The molecule has 10 nitrogen and oxygen atoms in total. The van der Waals surface area contributed by atoms with E-state index in [2.05, 4.69) is 44.1 Å². The largest absolute Gasteiger partial charge is 0.416 e. The van der Waals surface area contributed by atoms with Gasteiger partial charge in [-0.05, 0) is 66.8 Å². The van der Waals surface area contributed by atoms with Crippen LogP contribution in [0.4, 0.5) is 29.2 Å². The molecule has 6 rings (SSSR count). The zero-order valence-electron chi connectivity index (χ0n) is 27.2. The SMILES string of the molecule is CC(C)C1CN(C)CCN1Cc1cc2c(c(C(F)(F)F)c1)CN(c1cc(C3([C@H](F)c4nncn4C)CCC3)cc(NCCO)n1)C2=O. The van der Waals surface area contributed by atoms with Crippen molar-refractivity contribution >= 4 is 17.5 Å². The molecule has 1 aromatic carbocycles. The van der Waals surface area contributed by atoms with E-state index < -0.39 is 29.2 Å². The highest BCUT2D eigenvalue weighted by Crippen LogP contribution is 2.54. The molecule has 3 aliphatic rings. The summed E-state index contributed by atoms with van der Waals surface area (Å²) in [5.41, 5.74) is -0.909. The third kappa shape index (κ3) is 6.22. The molecule has 4 heterocycles. The lowest BCUT2D eigenvalue weighted by Crippen LogP contribution is -2.53. The maximum atomic E-state index is 16.3. The number of pyridine rings is 1. The minimum atomic E-state index is -4.67. The van der Waals surface area contributed by atoms with Crippen molar-refractivity contribution in [2.24, 2.45) is 13.0 Å². The Morgan fingerprint density at radius 2 is 1.89 bits per heavy atom. The number of hydrogen-bond donors (Lipinski definition) is 2. The van der Waals surface area contributed by atoms with Gasteiger partial charge >= 0.3 is 6.18 Å². The predicted octanol–water partition coefficient (Wildman–Crippen LogP) is 4.70. The zero-order valence-corrected chi connectivity index (χ0v) is 27.2. The van der Waals surface area contributed by atoms with Crippen molar-refractivity contribution in [2.75, 3.05) is 50.1 Å². The Kier molecular flexibility index (Phi) is 9.05. The predicted molar refractivity (Wildman–Crippen MR) is 169 cm³/mol. The van der Waals surface area contributed by atoms with Crippen LogP contribution < -0.4 is 10.2 Å². The molecule has 0 bridgehead atoms. The second-order valence-electron chi connectivity index (χ2n) is 13.5. The van der Waals surface area contributed by atoms with Gasteiger partial charge in [-0.15, -0.1) is 10.2 Å². The van der Waals surface area contributed by atoms with E-state index in [-0.39, 0.29) is 48.5 Å². The summed E-state index contributed by atoms with van der Waals surface area (Å²) in [6.07, 6.45) is -2.98. The average Bonchev–Trinajstić information content (AvgIpc) is 3.58. The summed E-state index contributed by atoms with van der Waals surface area (Å²) >= 11 is 0. The van der Waals surface area contributed by atoms with Crippen molar-refractivity contribution in [2.45, 2.75) is 70.0 Å². The molecule has 1 aliphatic carbocycles. The molecule has 14 heteroatoms. The first-order valence-corrected chi connectivity index (χ1v) is 16.1. The van der Waals surface area contributed by atoms with E-state index >= 15 is 4.39 Å². The van der Waals surface area contributed by atoms with Crippen molar-refractivity contribution < 1.29 is 27.5 Å². The fourth-order valence-corrected chi connectivity index (χ4v) is 7.28. The molecule has 2 aromatic heterocycles. The molecule has 2 aliphatic heterocycles. The highest BCUT2D eigenvalue weighted by atomic mass is 19.4. The van der Waals surface area contributed by atoms with E-state index in [0.29, 0.717) is 48.8 Å². The van der Waals surface area contributed by atoms with Crippen LogP contribution in [0.2, 0.25) is 0 Å². The van der Waals surface area contributed by atoms with Crippen LogP contribution in [0.15, 0.2) is 30.6 Å². The van der Waals surface area contributed by atoms with Crippen LogP contribution in [0.25, 0.3) is 0 Å². The van der Waals surface area contributed by atoms with Crippen LogP contribution in [-0.2, 0) is 31.7 Å². The first kappa shape index (κ1) is 33.3. The topological polar surface area (TPSA) is 103 Å². The van der Waals surface area contributed by atoms with E-state index in [1.807, 2.05) is 7.05 Å². The van der Waals surface area contributed by atoms with Gasteiger partial charge in [-0.2, -0.15) is 13.2 Å². The van der Waals surface area contributed by atoms with Crippen LogP contribution in [0.3, 0.4) is 0 Å². The van der Waals surface area contributed by atoms with Crippen LogP contribution in [0.5, 0.6) is 0 Å². The Hall–Kier alpha value is -3.62. The van der Waals surface area contributed by atoms with E-state index in [4.69, 9.17) is 0 Å². The van der Waals surface area contributed by atoms with Crippen LogP contribution >= 0.6 is 0 Å². The van der Waals surface area contributed by atoms with Gasteiger partial charge in [-0.1, -0.05) is 20.3 Å². The normalized spacial score (nSPS) is 20.9. The van der Waals surface area contributed by atoms with E-state index in [1.165, 1.54) is 21.9 Å². The molecule has 0 radical (unpaired) electrons.